The van der Waals surface area contributed by atoms with Gasteiger partial charge in [0.25, 0.3) is 5.56 Å². The summed E-state index contributed by atoms with van der Waals surface area (Å²) in [4.78, 5) is 27.0. The molecule has 35 heavy (non-hydrogen) atoms. The van der Waals surface area contributed by atoms with E-state index in [0.29, 0.717) is 10.6 Å². The van der Waals surface area contributed by atoms with Crippen LogP contribution in [-0.2, 0) is 5.41 Å². The highest BCUT2D eigenvalue weighted by Gasteiger charge is 2.46. The van der Waals surface area contributed by atoms with Gasteiger partial charge in [0.05, 0.1) is 12.8 Å². The highest BCUT2D eigenvalue weighted by Crippen LogP contribution is 2.52. The first kappa shape index (κ1) is 22.0. The molecule has 1 aliphatic heterocycles. The van der Waals surface area contributed by atoms with Crippen LogP contribution in [0, 0.1) is 5.82 Å². The topological polar surface area (TPSA) is 81.7 Å². The fourth-order valence-electron chi connectivity index (χ4n) is 5.61. The van der Waals surface area contributed by atoms with E-state index in [4.69, 9.17) is 9.15 Å². The van der Waals surface area contributed by atoms with Crippen LogP contribution in [0.4, 0.5) is 4.39 Å². The zero-order valence-corrected chi connectivity index (χ0v) is 19.8. The minimum Gasteiger partial charge on any atom is -0.505 e. The zero-order chi connectivity index (χ0) is 24.3. The molecule has 2 aromatic heterocycles. The Morgan fingerprint density at radius 2 is 1.89 bits per heavy atom. The van der Waals surface area contributed by atoms with E-state index in [2.05, 4.69) is 0 Å². The van der Waals surface area contributed by atoms with Crippen molar-refractivity contribution in [2.75, 3.05) is 7.11 Å². The molecule has 178 valence electrons. The van der Waals surface area contributed by atoms with Crippen molar-refractivity contribution in [2.24, 2.45) is 0 Å². The SMILES string of the molecule is COc1ccc2c(c1)C1(CCCCC1)c1cc3oc(=O)c(Sc4cccc(F)c4)c(O)c3c(=O)n1-2. The van der Waals surface area contributed by atoms with Crippen LogP contribution in [0.1, 0.15) is 43.4 Å². The lowest BCUT2D eigenvalue weighted by Gasteiger charge is -2.34. The molecular weight excluding hydrogens is 469 g/mol. The van der Waals surface area contributed by atoms with Gasteiger partial charge in [-0.3, -0.25) is 9.36 Å². The molecule has 8 heteroatoms. The quantitative estimate of drug-likeness (QED) is 0.407. The van der Waals surface area contributed by atoms with Crippen molar-refractivity contribution in [3.8, 4) is 17.2 Å². The van der Waals surface area contributed by atoms with Gasteiger partial charge in [-0.25, -0.2) is 9.18 Å². The molecule has 1 aliphatic carbocycles. The van der Waals surface area contributed by atoms with Crippen LogP contribution >= 0.6 is 11.8 Å². The monoisotopic (exact) mass is 491 g/mol. The van der Waals surface area contributed by atoms with Crippen LogP contribution in [0.5, 0.6) is 11.5 Å². The predicted molar refractivity (Wildman–Crippen MR) is 131 cm³/mol. The Bertz CT molecular complexity index is 1620. The second-order valence-corrected chi connectivity index (χ2v) is 10.1. The van der Waals surface area contributed by atoms with Gasteiger partial charge in [0.1, 0.15) is 27.4 Å². The van der Waals surface area contributed by atoms with Crippen LogP contribution in [0.15, 0.2) is 72.3 Å². The first-order chi connectivity index (χ1) is 16.9. The van der Waals surface area contributed by atoms with Gasteiger partial charge in [-0.15, -0.1) is 0 Å². The molecule has 6 nitrogen and oxygen atoms in total. The van der Waals surface area contributed by atoms with Gasteiger partial charge in [0.15, 0.2) is 5.75 Å². The Morgan fingerprint density at radius 1 is 1.09 bits per heavy atom. The van der Waals surface area contributed by atoms with E-state index in [1.165, 1.54) is 18.2 Å². The predicted octanol–water partition coefficient (Wildman–Crippen LogP) is 5.51. The van der Waals surface area contributed by atoms with Crippen molar-refractivity contribution in [3.63, 3.8) is 0 Å². The molecule has 4 aromatic rings. The molecular formula is C27H22FNO5S. The van der Waals surface area contributed by atoms with Gasteiger partial charge in [-0.2, -0.15) is 0 Å². The number of hydrogen-bond acceptors (Lipinski definition) is 6. The summed E-state index contributed by atoms with van der Waals surface area (Å²) in [6.45, 7) is 0. The van der Waals surface area contributed by atoms with Crippen LogP contribution in [0.2, 0.25) is 0 Å². The molecule has 1 saturated carbocycles. The fraction of sp³-hybridized carbons (Fsp3) is 0.259. The number of benzene rings is 2. The van der Waals surface area contributed by atoms with Crippen LogP contribution in [0.25, 0.3) is 16.7 Å². The third-order valence-electron chi connectivity index (χ3n) is 7.19. The van der Waals surface area contributed by atoms with E-state index in [-0.39, 0.29) is 15.9 Å². The molecule has 2 aromatic carbocycles. The summed E-state index contributed by atoms with van der Waals surface area (Å²) in [6, 6.07) is 13.1. The number of nitrogens with zero attached hydrogens (tertiary/aromatic N) is 1. The van der Waals surface area contributed by atoms with E-state index in [1.807, 2.05) is 18.2 Å². The lowest BCUT2D eigenvalue weighted by Crippen LogP contribution is -2.31. The second-order valence-electron chi connectivity index (χ2n) is 9.06. The molecule has 0 unspecified atom stereocenters. The van der Waals surface area contributed by atoms with E-state index in [1.54, 1.807) is 23.8 Å². The third kappa shape index (κ3) is 3.23. The van der Waals surface area contributed by atoms with Crippen molar-refractivity contribution in [2.45, 2.75) is 47.3 Å². The highest BCUT2D eigenvalue weighted by molar-refractivity contribution is 7.99. The number of aromatic nitrogens is 1. The zero-order valence-electron chi connectivity index (χ0n) is 19.0. The van der Waals surface area contributed by atoms with Crippen molar-refractivity contribution in [1.29, 1.82) is 0 Å². The van der Waals surface area contributed by atoms with Crippen molar-refractivity contribution >= 4 is 22.7 Å². The van der Waals surface area contributed by atoms with Crippen molar-refractivity contribution in [1.82, 2.24) is 4.57 Å². The molecule has 3 heterocycles. The largest absolute Gasteiger partial charge is 0.505 e. The summed E-state index contributed by atoms with van der Waals surface area (Å²) >= 11 is 0.863. The summed E-state index contributed by atoms with van der Waals surface area (Å²) in [5.74, 6) is -0.213. The molecule has 0 saturated heterocycles. The summed E-state index contributed by atoms with van der Waals surface area (Å²) in [7, 11) is 1.61. The number of methoxy groups -OCH3 is 1. The van der Waals surface area contributed by atoms with Crippen LogP contribution in [0.3, 0.4) is 0 Å². The Balaban J connectivity index is 1.62. The average molecular weight is 492 g/mol. The molecule has 0 bridgehead atoms. The normalized spacial score (nSPS) is 15.8. The number of rotatable bonds is 3. The number of pyridine rings is 1. The Labute approximate surface area is 204 Å². The van der Waals surface area contributed by atoms with Gasteiger partial charge >= 0.3 is 5.63 Å². The van der Waals surface area contributed by atoms with Crippen LogP contribution < -0.4 is 15.9 Å². The lowest BCUT2D eigenvalue weighted by atomic mass is 9.68. The van der Waals surface area contributed by atoms with Gasteiger partial charge in [-0.1, -0.05) is 37.1 Å². The maximum atomic E-state index is 13.9. The van der Waals surface area contributed by atoms with E-state index in [9.17, 15) is 19.1 Å². The number of hydrogen-bond donors (Lipinski definition) is 1. The standard InChI is InChI=1S/C27H22FNO5S/c1-33-16-8-9-19-18(13-16)27(10-3-2-4-11-27)21-14-20-22(25(31)29(19)21)23(30)24(26(32)34-20)35-17-7-5-6-15(28)12-17/h5-9,12-14,30H,2-4,10-11H2,1H3. The number of halogens is 1. The molecule has 1 fully saturated rings. The average Bonchev–Trinajstić information content (AvgIpc) is 3.11. The van der Waals surface area contributed by atoms with Gasteiger partial charge in [0.2, 0.25) is 0 Å². The molecule has 1 N–H and O–H groups in total. The summed E-state index contributed by atoms with van der Waals surface area (Å²) in [5.41, 5.74) is 0.971. The molecule has 2 aliphatic rings. The third-order valence-corrected chi connectivity index (χ3v) is 8.24. The van der Waals surface area contributed by atoms with E-state index >= 15 is 0 Å². The molecule has 0 atom stereocenters. The second kappa shape index (κ2) is 8.02. The Kier molecular flexibility index (Phi) is 5.03. The lowest BCUT2D eigenvalue weighted by molar-refractivity contribution is 0.344. The Hall–Kier alpha value is -3.52. The summed E-state index contributed by atoms with van der Waals surface area (Å²) in [6.07, 6.45) is 4.88. The maximum absolute atomic E-state index is 13.9. The van der Waals surface area contributed by atoms with Gasteiger partial charge in [-0.05, 0) is 54.8 Å². The summed E-state index contributed by atoms with van der Waals surface area (Å²) in [5, 5.41) is 11.0. The fourth-order valence-corrected chi connectivity index (χ4v) is 6.49. The number of fused-ring (bicyclic) bond motifs is 6. The Morgan fingerprint density at radius 3 is 2.63 bits per heavy atom. The number of ether oxygens (including phenoxy) is 1. The van der Waals surface area contributed by atoms with E-state index in [0.717, 1.165) is 60.8 Å². The molecule has 1 spiro atoms. The van der Waals surface area contributed by atoms with Gasteiger partial charge < -0.3 is 14.3 Å². The molecule has 0 radical (unpaired) electrons. The minimum absolute atomic E-state index is 0.0528. The smallest absolute Gasteiger partial charge is 0.354 e. The summed E-state index contributed by atoms with van der Waals surface area (Å²) < 4.78 is 26.4. The van der Waals surface area contributed by atoms with Gasteiger partial charge in [0, 0.05) is 22.1 Å². The highest BCUT2D eigenvalue weighted by atomic mass is 32.2. The van der Waals surface area contributed by atoms with Crippen molar-refractivity contribution in [3.05, 3.63) is 86.4 Å². The minimum atomic E-state index is -0.775. The first-order valence-electron chi connectivity index (χ1n) is 11.5. The van der Waals surface area contributed by atoms with Crippen molar-refractivity contribution < 1.29 is 18.7 Å². The molecule has 0 amide bonds. The van der Waals surface area contributed by atoms with E-state index < -0.39 is 28.2 Å². The maximum Gasteiger partial charge on any atom is 0.354 e. The first-order valence-corrected chi connectivity index (χ1v) is 12.3. The number of aromatic hydroxyl groups is 1. The molecule has 6 rings (SSSR count). The van der Waals surface area contributed by atoms with Crippen LogP contribution in [-0.4, -0.2) is 16.8 Å².